The smallest absolute Gasteiger partial charge is 0.115 e. The Kier molecular flexibility index (Phi) is 8.68. The minimum atomic E-state index is 0.713. The number of unbranched alkanes of at least 4 members (excludes halogenated alkanes) is 3. The van der Waals surface area contributed by atoms with Gasteiger partial charge in [-0.15, -0.1) is 0 Å². The van der Waals surface area contributed by atoms with Crippen molar-refractivity contribution in [3.63, 3.8) is 0 Å². The van der Waals surface area contributed by atoms with Crippen molar-refractivity contribution in [3.05, 3.63) is 52.7 Å². The fourth-order valence-corrected chi connectivity index (χ4v) is 4.32. The zero-order valence-electron chi connectivity index (χ0n) is 20.2. The molecule has 172 valence electrons. The lowest BCUT2D eigenvalue weighted by molar-refractivity contribution is 0.643. The first-order valence-electron chi connectivity index (χ1n) is 12.1. The molecule has 0 saturated heterocycles. The highest BCUT2D eigenvalue weighted by molar-refractivity contribution is 6.31. The van der Waals surface area contributed by atoms with Gasteiger partial charge in [0.05, 0.1) is 29.3 Å². The molecule has 0 radical (unpaired) electrons. The van der Waals surface area contributed by atoms with Crippen LogP contribution >= 0.6 is 11.6 Å². The van der Waals surface area contributed by atoms with Crippen LogP contribution in [0.3, 0.4) is 0 Å². The number of imidazole rings is 1. The monoisotopic (exact) mass is 453 g/mol. The standard InChI is InChI=1S/C18H16ClN5.C6H14.C2H6/c1-23-17(9-12-8-13-3-2-6-24(13)22-12)21-16-10-20-15-5-4-11(19)7-14(15)18(16)23;1-3-5-6-4-2;1-2/h4-5,7-8,10H,2-3,6,9H2,1H3;3-6H2,1-2H3;1-2H3. The Balaban J connectivity index is 0.000000317. The summed E-state index contributed by atoms with van der Waals surface area (Å²) in [5.41, 5.74) is 5.32. The summed E-state index contributed by atoms with van der Waals surface area (Å²) in [5, 5.41) is 6.45. The highest BCUT2D eigenvalue weighted by Gasteiger charge is 2.17. The van der Waals surface area contributed by atoms with Crippen molar-refractivity contribution in [2.24, 2.45) is 7.05 Å². The first-order valence-corrected chi connectivity index (χ1v) is 12.4. The van der Waals surface area contributed by atoms with Crippen molar-refractivity contribution in [2.75, 3.05) is 0 Å². The molecule has 3 aromatic heterocycles. The second-order valence-corrected chi connectivity index (χ2v) is 8.51. The van der Waals surface area contributed by atoms with Gasteiger partial charge >= 0.3 is 0 Å². The van der Waals surface area contributed by atoms with Gasteiger partial charge in [-0.25, -0.2) is 4.98 Å². The van der Waals surface area contributed by atoms with Crippen LogP contribution in [0.15, 0.2) is 30.5 Å². The number of hydrogen-bond donors (Lipinski definition) is 0. The second-order valence-electron chi connectivity index (χ2n) is 8.08. The summed E-state index contributed by atoms with van der Waals surface area (Å²) in [6.07, 6.45) is 10.4. The predicted octanol–water partition coefficient (Wildman–Crippen LogP) is 7.12. The number of nitrogens with zero attached hydrogens (tertiary/aromatic N) is 5. The van der Waals surface area contributed by atoms with Gasteiger partial charge in [-0.3, -0.25) is 9.67 Å². The van der Waals surface area contributed by atoms with Gasteiger partial charge in [-0.2, -0.15) is 5.10 Å². The molecule has 0 atom stereocenters. The maximum absolute atomic E-state index is 6.18. The summed E-state index contributed by atoms with van der Waals surface area (Å²) in [6, 6.07) is 7.98. The number of aromatic nitrogens is 5. The zero-order chi connectivity index (χ0) is 23.1. The van der Waals surface area contributed by atoms with Crippen molar-refractivity contribution in [3.8, 4) is 0 Å². The molecule has 0 saturated carbocycles. The van der Waals surface area contributed by atoms with E-state index < -0.39 is 0 Å². The van der Waals surface area contributed by atoms with Crippen molar-refractivity contribution < 1.29 is 0 Å². The summed E-state index contributed by atoms with van der Waals surface area (Å²) in [6.45, 7) is 9.50. The average molecular weight is 454 g/mol. The van der Waals surface area contributed by atoms with E-state index in [1.807, 2.05) is 38.2 Å². The third-order valence-corrected chi connectivity index (χ3v) is 6.00. The van der Waals surface area contributed by atoms with Crippen LogP contribution in [0.1, 0.15) is 77.0 Å². The molecular formula is C26H36ClN5. The lowest BCUT2D eigenvalue weighted by Gasteiger charge is -2.04. The molecule has 1 aliphatic heterocycles. The summed E-state index contributed by atoms with van der Waals surface area (Å²) in [5.74, 6) is 0.996. The molecule has 6 heteroatoms. The molecular weight excluding hydrogens is 418 g/mol. The number of benzene rings is 1. The molecule has 5 nitrogen and oxygen atoms in total. The van der Waals surface area contributed by atoms with Crippen LogP contribution in [0.2, 0.25) is 5.02 Å². The molecule has 4 aromatic rings. The third-order valence-electron chi connectivity index (χ3n) is 5.77. The SMILES string of the molecule is CC.CCCCCC.Cn1c(Cc2cc3n(n2)CCC3)nc2cnc3ccc(Cl)cc3c21. The Morgan fingerprint density at radius 2 is 1.78 bits per heavy atom. The fourth-order valence-electron chi connectivity index (χ4n) is 4.14. The van der Waals surface area contributed by atoms with E-state index in [0.29, 0.717) is 5.02 Å². The minimum Gasteiger partial charge on any atom is -0.330 e. The van der Waals surface area contributed by atoms with E-state index in [9.17, 15) is 0 Å². The quantitative estimate of drug-likeness (QED) is 0.302. The van der Waals surface area contributed by atoms with Crippen LogP contribution in [-0.4, -0.2) is 24.3 Å². The Morgan fingerprint density at radius 1 is 1.03 bits per heavy atom. The van der Waals surface area contributed by atoms with E-state index in [1.54, 1.807) is 0 Å². The van der Waals surface area contributed by atoms with E-state index in [4.69, 9.17) is 21.7 Å². The molecule has 0 spiro atoms. The summed E-state index contributed by atoms with van der Waals surface area (Å²) in [7, 11) is 2.05. The second kappa shape index (κ2) is 11.5. The zero-order valence-corrected chi connectivity index (χ0v) is 20.9. The van der Waals surface area contributed by atoms with Gasteiger partial charge in [0.2, 0.25) is 0 Å². The van der Waals surface area contributed by atoms with Crippen LogP contribution in [-0.2, 0) is 26.4 Å². The van der Waals surface area contributed by atoms with Gasteiger partial charge in [0.1, 0.15) is 11.3 Å². The molecule has 1 aliphatic rings. The largest absolute Gasteiger partial charge is 0.330 e. The van der Waals surface area contributed by atoms with E-state index >= 15 is 0 Å². The highest BCUT2D eigenvalue weighted by Crippen LogP contribution is 2.27. The van der Waals surface area contributed by atoms with Crippen molar-refractivity contribution in [1.82, 2.24) is 24.3 Å². The molecule has 0 N–H and O–H groups in total. The summed E-state index contributed by atoms with van der Waals surface area (Å²) >= 11 is 6.18. The van der Waals surface area contributed by atoms with E-state index in [2.05, 4.69) is 41.2 Å². The third kappa shape index (κ3) is 5.32. The van der Waals surface area contributed by atoms with Crippen molar-refractivity contribution in [1.29, 1.82) is 0 Å². The van der Waals surface area contributed by atoms with Crippen LogP contribution in [0.5, 0.6) is 0 Å². The van der Waals surface area contributed by atoms with Gasteiger partial charge < -0.3 is 4.57 Å². The fraction of sp³-hybridized carbons (Fsp3) is 0.500. The lowest BCUT2D eigenvalue weighted by Crippen LogP contribution is -2.01. The Bertz CT molecular complexity index is 1130. The lowest BCUT2D eigenvalue weighted by atomic mass is 10.2. The molecule has 32 heavy (non-hydrogen) atoms. The van der Waals surface area contributed by atoms with E-state index in [-0.39, 0.29) is 0 Å². The van der Waals surface area contributed by atoms with Crippen molar-refractivity contribution >= 4 is 33.5 Å². The maximum atomic E-state index is 6.18. The number of aryl methyl sites for hydroxylation is 3. The van der Waals surface area contributed by atoms with Gasteiger partial charge in [0.25, 0.3) is 0 Å². The molecule has 1 aromatic carbocycles. The highest BCUT2D eigenvalue weighted by atomic mass is 35.5. The Hall–Kier alpha value is -2.40. The molecule has 0 fully saturated rings. The number of hydrogen-bond acceptors (Lipinski definition) is 3. The molecule has 4 heterocycles. The van der Waals surface area contributed by atoms with Crippen LogP contribution in [0, 0.1) is 0 Å². The molecule has 0 unspecified atom stereocenters. The Morgan fingerprint density at radius 3 is 2.47 bits per heavy atom. The number of pyridine rings is 1. The number of fused-ring (bicyclic) bond motifs is 4. The average Bonchev–Trinajstić information content (AvgIpc) is 3.48. The first kappa shape index (κ1) is 24.2. The van der Waals surface area contributed by atoms with Crippen molar-refractivity contribution in [2.45, 2.75) is 79.2 Å². The van der Waals surface area contributed by atoms with E-state index in [0.717, 1.165) is 52.8 Å². The molecule has 0 aliphatic carbocycles. The van der Waals surface area contributed by atoms with Gasteiger partial charge in [0.15, 0.2) is 0 Å². The van der Waals surface area contributed by atoms with Gasteiger partial charge in [-0.05, 0) is 37.1 Å². The summed E-state index contributed by atoms with van der Waals surface area (Å²) in [4.78, 5) is 9.28. The molecule has 0 bridgehead atoms. The Labute approximate surface area is 196 Å². The maximum Gasteiger partial charge on any atom is 0.115 e. The van der Waals surface area contributed by atoms with Gasteiger partial charge in [0, 0.05) is 29.7 Å². The van der Waals surface area contributed by atoms with Crippen LogP contribution < -0.4 is 0 Å². The first-order chi connectivity index (χ1) is 15.6. The van der Waals surface area contributed by atoms with Crippen LogP contribution in [0.4, 0.5) is 0 Å². The van der Waals surface area contributed by atoms with Gasteiger partial charge in [-0.1, -0.05) is 65.0 Å². The summed E-state index contributed by atoms with van der Waals surface area (Å²) < 4.78 is 4.26. The topological polar surface area (TPSA) is 48.5 Å². The number of halogens is 1. The molecule has 5 rings (SSSR count). The van der Waals surface area contributed by atoms with E-state index in [1.165, 1.54) is 37.8 Å². The van der Waals surface area contributed by atoms with Crippen LogP contribution in [0.25, 0.3) is 21.9 Å². The normalized spacial score (nSPS) is 12.3. The molecule has 0 amide bonds. The number of rotatable bonds is 5. The predicted molar refractivity (Wildman–Crippen MR) is 136 cm³/mol. The minimum absolute atomic E-state index is 0.713.